The third-order valence-corrected chi connectivity index (χ3v) is 5.52. The minimum absolute atomic E-state index is 0.339. The number of hydrogen-bond donors (Lipinski definition) is 1. The fourth-order valence-electron chi connectivity index (χ4n) is 3.93. The lowest BCUT2D eigenvalue weighted by Crippen LogP contribution is -2.02. The second-order valence-electron chi connectivity index (χ2n) is 7.73. The van der Waals surface area contributed by atoms with E-state index in [9.17, 15) is 13.2 Å². The molecule has 5 rings (SSSR count). The fraction of sp³-hybridized carbons (Fsp3) is 0.217. The average molecular weight is 452 g/mol. The average Bonchev–Trinajstić information content (AvgIpc) is 3.51. The minimum Gasteiger partial charge on any atom is -0.494 e. The van der Waals surface area contributed by atoms with Crippen LogP contribution < -0.4 is 4.74 Å². The highest BCUT2D eigenvalue weighted by molar-refractivity contribution is 5.70. The van der Waals surface area contributed by atoms with Crippen molar-refractivity contribution in [1.82, 2.24) is 29.7 Å². The Bertz CT molecular complexity index is 1350. The first kappa shape index (κ1) is 20.9. The summed E-state index contributed by atoms with van der Waals surface area (Å²) in [6.07, 6.45) is 7.57. The standard InChI is InChI=1S/C23H19F3N6O/c1-12-10-28-22(29-12)21-18(33-2)7-13(11-27-21)3-4-19-30-23-15(5-6-32(23)31-19)14-8-16(24)20(26)17(25)9-14/h3-4,7-11,15H,5-6H2,1-2H3,(H,28,29)/b4-3+. The highest BCUT2D eigenvalue weighted by atomic mass is 19.2. The zero-order chi connectivity index (χ0) is 23.1. The van der Waals surface area contributed by atoms with Gasteiger partial charge in [0.15, 0.2) is 29.1 Å². The van der Waals surface area contributed by atoms with Crippen LogP contribution in [0.5, 0.6) is 5.75 Å². The maximum atomic E-state index is 13.7. The smallest absolute Gasteiger partial charge is 0.194 e. The van der Waals surface area contributed by atoms with Crippen LogP contribution in [0.3, 0.4) is 0 Å². The molecule has 0 amide bonds. The first-order chi connectivity index (χ1) is 15.9. The third kappa shape index (κ3) is 3.88. The van der Waals surface area contributed by atoms with Crippen molar-refractivity contribution in [3.63, 3.8) is 0 Å². The monoisotopic (exact) mass is 452 g/mol. The second kappa shape index (κ2) is 8.19. The molecule has 1 aromatic carbocycles. The van der Waals surface area contributed by atoms with Crippen molar-refractivity contribution in [2.24, 2.45) is 0 Å². The molecule has 3 aromatic heterocycles. The summed E-state index contributed by atoms with van der Waals surface area (Å²) in [6.45, 7) is 2.43. The van der Waals surface area contributed by atoms with Crippen molar-refractivity contribution < 1.29 is 17.9 Å². The molecule has 0 radical (unpaired) electrons. The molecule has 168 valence electrons. The van der Waals surface area contributed by atoms with Gasteiger partial charge in [0.25, 0.3) is 0 Å². The molecule has 0 saturated carbocycles. The third-order valence-electron chi connectivity index (χ3n) is 5.52. The van der Waals surface area contributed by atoms with E-state index in [0.717, 1.165) is 23.4 Å². The van der Waals surface area contributed by atoms with Gasteiger partial charge in [-0.1, -0.05) is 0 Å². The number of imidazole rings is 1. The number of methoxy groups -OCH3 is 1. The van der Waals surface area contributed by atoms with E-state index < -0.39 is 17.5 Å². The van der Waals surface area contributed by atoms with Gasteiger partial charge in [-0.3, -0.25) is 0 Å². The number of fused-ring (bicyclic) bond motifs is 1. The van der Waals surface area contributed by atoms with Crippen molar-refractivity contribution in [3.05, 3.63) is 76.5 Å². The van der Waals surface area contributed by atoms with Crippen molar-refractivity contribution in [3.8, 4) is 17.3 Å². The number of H-pyrrole nitrogens is 1. The Kier molecular flexibility index (Phi) is 5.20. The van der Waals surface area contributed by atoms with E-state index >= 15 is 0 Å². The molecule has 0 fully saturated rings. The molecule has 7 nitrogen and oxygen atoms in total. The van der Waals surface area contributed by atoms with Gasteiger partial charge in [0.1, 0.15) is 17.3 Å². The highest BCUT2D eigenvalue weighted by Gasteiger charge is 2.29. The summed E-state index contributed by atoms with van der Waals surface area (Å²) in [4.78, 5) is 16.4. The van der Waals surface area contributed by atoms with Crippen LogP contribution in [0, 0.1) is 24.4 Å². The normalized spacial score (nSPS) is 15.4. The van der Waals surface area contributed by atoms with Crippen LogP contribution >= 0.6 is 0 Å². The quantitative estimate of drug-likeness (QED) is 0.451. The van der Waals surface area contributed by atoms with Gasteiger partial charge < -0.3 is 9.72 Å². The minimum atomic E-state index is -1.47. The highest BCUT2D eigenvalue weighted by Crippen LogP contribution is 2.34. The number of nitrogens with one attached hydrogen (secondary N) is 1. The molecule has 0 spiro atoms. The van der Waals surface area contributed by atoms with Gasteiger partial charge in [0.2, 0.25) is 0 Å². The molecule has 0 bridgehead atoms. The van der Waals surface area contributed by atoms with E-state index in [0.29, 0.717) is 47.4 Å². The van der Waals surface area contributed by atoms with Crippen LogP contribution in [0.4, 0.5) is 13.2 Å². The molecule has 1 unspecified atom stereocenters. The van der Waals surface area contributed by atoms with Gasteiger partial charge in [-0.15, -0.1) is 0 Å². The Morgan fingerprint density at radius 3 is 2.61 bits per heavy atom. The number of rotatable bonds is 5. The van der Waals surface area contributed by atoms with Crippen LogP contribution in [-0.4, -0.2) is 36.8 Å². The van der Waals surface area contributed by atoms with E-state index in [-0.39, 0.29) is 5.92 Å². The molecule has 0 aliphatic carbocycles. The van der Waals surface area contributed by atoms with Gasteiger partial charge in [-0.25, -0.2) is 32.8 Å². The number of ether oxygens (including phenoxy) is 1. The van der Waals surface area contributed by atoms with E-state index in [2.05, 4.69) is 25.0 Å². The fourth-order valence-corrected chi connectivity index (χ4v) is 3.93. The molecule has 1 atom stereocenters. The molecule has 10 heteroatoms. The van der Waals surface area contributed by atoms with Gasteiger partial charge in [0, 0.05) is 24.9 Å². The van der Waals surface area contributed by atoms with Crippen molar-refractivity contribution in [1.29, 1.82) is 0 Å². The first-order valence-corrected chi connectivity index (χ1v) is 10.3. The number of hydrogen-bond acceptors (Lipinski definition) is 5. The molecule has 1 aliphatic rings. The van der Waals surface area contributed by atoms with Crippen LogP contribution in [0.2, 0.25) is 0 Å². The summed E-state index contributed by atoms with van der Waals surface area (Å²) in [7, 11) is 1.56. The Morgan fingerprint density at radius 1 is 1.12 bits per heavy atom. The maximum Gasteiger partial charge on any atom is 0.194 e. The Hall–Kier alpha value is -3.95. The van der Waals surface area contributed by atoms with E-state index in [1.165, 1.54) is 0 Å². The van der Waals surface area contributed by atoms with E-state index in [1.54, 1.807) is 36.3 Å². The number of aryl methyl sites for hydroxylation is 2. The molecule has 4 aromatic rings. The largest absolute Gasteiger partial charge is 0.494 e. The lowest BCUT2D eigenvalue weighted by molar-refractivity contribution is 0.414. The summed E-state index contributed by atoms with van der Waals surface area (Å²) in [6, 6.07) is 3.86. The number of halogens is 3. The molecule has 33 heavy (non-hydrogen) atoms. The second-order valence-corrected chi connectivity index (χ2v) is 7.73. The summed E-state index contributed by atoms with van der Waals surface area (Å²) in [5, 5.41) is 4.44. The van der Waals surface area contributed by atoms with Crippen molar-refractivity contribution in [2.45, 2.75) is 25.8 Å². The summed E-state index contributed by atoms with van der Waals surface area (Å²) < 4.78 is 47.9. The molecular formula is C23H19F3N6O. The Balaban J connectivity index is 1.39. The molecule has 1 aliphatic heterocycles. The summed E-state index contributed by atoms with van der Waals surface area (Å²) in [5.41, 5.74) is 2.56. The number of aromatic amines is 1. The zero-order valence-corrected chi connectivity index (χ0v) is 17.8. The number of benzene rings is 1. The Labute approximate surface area is 187 Å². The lowest BCUT2D eigenvalue weighted by Gasteiger charge is -2.09. The summed E-state index contributed by atoms with van der Waals surface area (Å²) >= 11 is 0. The first-order valence-electron chi connectivity index (χ1n) is 10.3. The molecule has 0 saturated heterocycles. The zero-order valence-electron chi connectivity index (χ0n) is 17.8. The van der Waals surface area contributed by atoms with Crippen LogP contribution in [0.1, 0.15) is 40.8 Å². The predicted octanol–water partition coefficient (Wildman–Crippen LogP) is 4.50. The molecular weight excluding hydrogens is 433 g/mol. The number of nitrogens with zero attached hydrogens (tertiary/aromatic N) is 5. The topological polar surface area (TPSA) is 81.5 Å². The Morgan fingerprint density at radius 2 is 1.91 bits per heavy atom. The number of aromatic nitrogens is 6. The van der Waals surface area contributed by atoms with Crippen LogP contribution in [0.25, 0.3) is 23.7 Å². The van der Waals surface area contributed by atoms with Gasteiger partial charge in [-0.05, 0) is 54.8 Å². The van der Waals surface area contributed by atoms with E-state index in [1.807, 2.05) is 13.0 Å². The van der Waals surface area contributed by atoms with Gasteiger partial charge in [-0.2, -0.15) is 5.10 Å². The molecule has 4 heterocycles. The lowest BCUT2D eigenvalue weighted by atomic mass is 9.97. The van der Waals surface area contributed by atoms with Gasteiger partial charge >= 0.3 is 0 Å². The van der Waals surface area contributed by atoms with E-state index in [4.69, 9.17) is 4.74 Å². The SMILES string of the molecule is COc1cc(/C=C/c2nc3n(n2)CCC3c2cc(F)c(F)c(F)c2)cnc1-c1nc(C)c[nH]1. The van der Waals surface area contributed by atoms with Crippen molar-refractivity contribution in [2.75, 3.05) is 7.11 Å². The van der Waals surface area contributed by atoms with Crippen LogP contribution in [0.15, 0.2) is 30.6 Å². The number of pyridine rings is 1. The predicted molar refractivity (Wildman–Crippen MR) is 115 cm³/mol. The summed E-state index contributed by atoms with van der Waals surface area (Å²) in [5.74, 6) is -2.04. The molecule has 1 N–H and O–H groups in total. The van der Waals surface area contributed by atoms with Gasteiger partial charge in [0.05, 0.1) is 12.8 Å². The van der Waals surface area contributed by atoms with Crippen molar-refractivity contribution >= 4 is 12.2 Å². The van der Waals surface area contributed by atoms with Crippen LogP contribution in [-0.2, 0) is 6.54 Å². The maximum absolute atomic E-state index is 13.7.